The van der Waals surface area contributed by atoms with Crippen LogP contribution in [0.2, 0.25) is 0 Å². The van der Waals surface area contributed by atoms with Crippen LogP contribution in [0, 0.1) is 10.8 Å². The van der Waals surface area contributed by atoms with E-state index in [4.69, 9.17) is 16.1 Å². The molecule has 3 rings (SSSR count). The molecule has 1 heterocycles. The van der Waals surface area contributed by atoms with E-state index in [-0.39, 0.29) is 10.3 Å². The molecule has 6 N–H and O–H groups in total. The molecule has 1 atom stereocenters. The van der Waals surface area contributed by atoms with Crippen molar-refractivity contribution in [2.75, 3.05) is 5.32 Å². The zero-order valence-electron chi connectivity index (χ0n) is 13.7. The van der Waals surface area contributed by atoms with Gasteiger partial charge >= 0.3 is 88.4 Å². The maximum absolute atomic E-state index is 11.3. The Labute approximate surface area is 152 Å². The molecular weight excluding hydrogens is 403 g/mol. The summed E-state index contributed by atoms with van der Waals surface area (Å²) >= 11 is -4.83. The Bertz CT molecular complexity index is 882. The van der Waals surface area contributed by atoms with Gasteiger partial charge in [-0.15, -0.1) is 0 Å². The van der Waals surface area contributed by atoms with Crippen LogP contribution in [0.5, 0.6) is 0 Å². The van der Waals surface area contributed by atoms with E-state index in [0.717, 1.165) is 11.1 Å². The molecule has 10 heteroatoms. The van der Waals surface area contributed by atoms with Gasteiger partial charge in [-0.25, -0.2) is 0 Å². The quantitative estimate of drug-likeness (QED) is 0.243. The van der Waals surface area contributed by atoms with Crippen molar-refractivity contribution in [3.8, 4) is 0 Å². The molecule has 136 valence electrons. The van der Waals surface area contributed by atoms with Gasteiger partial charge in [0.2, 0.25) is 0 Å². The molecule has 9 nitrogen and oxygen atoms in total. The summed E-state index contributed by atoms with van der Waals surface area (Å²) < 4.78 is 23.9. The predicted octanol–water partition coefficient (Wildman–Crippen LogP) is 0.644. The Morgan fingerprint density at radius 3 is 2.19 bits per heavy atom. The van der Waals surface area contributed by atoms with Crippen molar-refractivity contribution in [2.45, 2.75) is 6.92 Å². The number of carbonyl (C=O) groups is 1. The molecule has 0 fully saturated rings. The van der Waals surface area contributed by atoms with Crippen LogP contribution in [0.4, 0.5) is 5.69 Å². The summed E-state index contributed by atoms with van der Waals surface area (Å²) in [6.45, 7) is 1.32. The maximum atomic E-state index is 11.3. The van der Waals surface area contributed by atoms with Crippen LogP contribution < -0.4 is 15.0 Å². The van der Waals surface area contributed by atoms with Gasteiger partial charge in [0.15, 0.2) is 0 Å². The molecule has 1 aliphatic heterocycles. The first-order valence-electron chi connectivity index (χ1n) is 7.32. The first kappa shape index (κ1) is 19.6. The second-order valence-corrected chi connectivity index (χ2v) is 8.86. The normalized spacial score (nSPS) is 14.4. The Kier molecular flexibility index (Phi) is 6.12. The van der Waals surface area contributed by atoms with Crippen molar-refractivity contribution >= 4 is 41.8 Å². The third kappa shape index (κ3) is 4.68. The van der Waals surface area contributed by atoms with E-state index in [0.29, 0.717) is 17.4 Å². The van der Waals surface area contributed by atoms with Crippen LogP contribution in [-0.2, 0) is 12.4 Å². The number of amidine groups is 2. The van der Waals surface area contributed by atoms with Crippen molar-refractivity contribution in [1.29, 1.82) is 10.8 Å². The van der Waals surface area contributed by atoms with Gasteiger partial charge in [-0.3, -0.25) is 10.8 Å². The fourth-order valence-corrected chi connectivity index (χ4v) is 3.60. The molecule has 0 saturated heterocycles. The maximum Gasteiger partial charge on any atom is 0.131 e. The zero-order valence-corrected chi connectivity index (χ0v) is 15.6. The SMILES string of the molecule is CC(=O)Nc1cccc([As](=O)(O)OO)c1.N=C1NC(=N)c2ccccc21. The average molecular weight is 420 g/mol. The van der Waals surface area contributed by atoms with Crippen molar-refractivity contribution in [2.24, 2.45) is 0 Å². The van der Waals surface area contributed by atoms with E-state index in [2.05, 4.69) is 14.5 Å². The number of nitrogens with one attached hydrogen (secondary N) is 4. The summed E-state index contributed by atoms with van der Waals surface area (Å²) in [5.74, 6) is 0.355. The topological polar surface area (TPSA) is 156 Å². The van der Waals surface area contributed by atoms with Crippen LogP contribution in [0.25, 0.3) is 0 Å². The van der Waals surface area contributed by atoms with Crippen molar-refractivity contribution in [3.05, 3.63) is 59.7 Å². The summed E-state index contributed by atoms with van der Waals surface area (Å²) in [4.78, 5) is 10.7. The first-order chi connectivity index (χ1) is 12.2. The van der Waals surface area contributed by atoms with Gasteiger partial charge in [-0.2, -0.15) is 0 Å². The molecule has 0 bridgehead atoms. The van der Waals surface area contributed by atoms with Gasteiger partial charge < -0.3 is 5.32 Å². The molecule has 0 radical (unpaired) electrons. The van der Waals surface area contributed by atoms with Crippen molar-refractivity contribution in [1.82, 2.24) is 5.32 Å². The van der Waals surface area contributed by atoms with E-state index in [1.165, 1.54) is 25.1 Å². The fraction of sp³-hybridized carbons (Fsp3) is 0.0625. The second kappa shape index (κ2) is 8.11. The predicted molar refractivity (Wildman–Crippen MR) is 96.0 cm³/mol. The Morgan fingerprint density at radius 1 is 1.12 bits per heavy atom. The molecule has 1 aliphatic rings. The molecule has 0 spiro atoms. The number of fused-ring (bicyclic) bond motifs is 1. The van der Waals surface area contributed by atoms with E-state index in [1.54, 1.807) is 6.07 Å². The standard InChI is InChI=1S/C8H10AsNO5.C8H7N3/c1-6(11)10-8-4-2-3-7(5-8)9(12,13)15-14;9-7-5-3-1-2-4-6(5)8(10)11-7/h2-5,14H,1H3,(H,10,11)(H,12,13);1-4H,(H3,9,10,11). The van der Waals surface area contributed by atoms with E-state index >= 15 is 0 Å². The molecule has 26 heavy (non-hydrogen) atoms. The minimum absolute atomic E-state index is 0.0399. The number of hydrogen-bond donors (Lipinski definition) is 6. The number of rotatable bonds is 3. The summed E-state index contributed by atoms with van der Waals surface area (Å²) in [5.41, 5.74) is 2.00. The minimum atomic E-state index is -4.83. The van der Waals surface area contributed by atoms with Crippen LogP contribution >= 0.6 is 0 Å². The number of amides is 1. The Morgan fingerprint density at radius 2 is 1.69 bits per heavy atom. The second-order valence-electron chi connectivity index (χ2n) is 5.25. The molecule has 1 unspecified atom stereocenters. The minimum Gasteiger partial charge on any atom is -0.325 e. The summed E-state index contributed by atoms with van der Waals surface area (Å²) in [6, 6.07) is 13.1. The molecule has 2 aromatic carbocycles. The summed E-state index contributed by atoms with van der Waals surface area (Å²) in [5, 5.41) is 28.2. The van der Waals surface area contributed by atoms with Gasteiger partial charge in [0.25, 0.3) is 0 Å². The van der Waals surface area contributed by atoms with Crippen LogP contribution in [0.15, 0.2) is 48.5 Å². The van der Waals surface area contributed by atoms with Gasteiger partial charge in [0.1, 0.15) is 11.7 Å². The van der Waals surface area contributed by atoms with Crippen LogP contribution in [-0.4, -0.2) is 41.1 Å². The van der Waals surface area contributed by atoms with E-state index in [9.17, 15) is 12.6 Å². The van der Waals surface area contributed by atoms with Crippen LogP contribution in [0.1, 0.15) is 18.1 Å². The Hall–Kier alpha value is -2.71. The summed E-state index contributed by atoms with van der Waals surface area (Å²) in [7, 11) is 0. The number of hydrogen-bond acceptors (Lipinski definition) is 6. The van der Waals surface area contributed by atoms with E-state index in [1.807, 2.05) is 24.3 Å². The van der Waals surface area contributed by atoms with Gasteiger partial charge in [0, 0.05) is 11.1 Å². The third-order valence-electron chi connectivity index (χ3n) is 3.32. The van der Waals surface area contributed by atoms with Crippen molar-refractivity contribution in [3.63, 3.8) is 0 Å². The molecule has 2 aromatic rings. The van der Waals surface area contributed by atoms with Gasteiger partial charge in [-0.1, -0.05) is 24.3 Å². The van der Waals surface area contributed by atoms with Crippen molar-refractivity contribution < 1.29 is 21.8 Å². The van der Waals surface area contributed by atoms with Gasteiger partial charge in [0.05, 0.1) is 0 Å². The van der Waals surface area contributed by atoms with E-state index < -0.39 is 14.2 Å². The largest absolute Gasteiger partial charge is 0.325 e. The molecule has 1 amide bonds. The third-order valence-corrected chi connectivity index (χ3v) is 5.74. The monoisotopic (exact) mass is 420 g/mol. The molecule has 0 aliphatic carbocycles. The molecule has 0 saturated carbocycles. The zero-order chi connectivity index (χ0) is 19.3. The number of benzene rings is 2. The summed E-state index contributed by atoms with van der Waals surface area (Å²) in [6.07, 6.45) is 0. The first-order valence-corrected chi connectivity index (χ1v) is 10.6. The smallest absolute Gasteiger partial charge is 0.131 e. The van der Waals surface area contributed by atoms with Crippen LogP contribution in [0.3, 0.4) is 0 Å². The fourth-order valence-electron chi connectivity index (χ4n) is 2.19. The molecular formula is C16H17AsN4O5. The number of anilines is 1. The van der Waals surface area contributed by atoms with Gasteiger partial charge in [-0.05, 0) is 0 Å². The average Bonchev–Trinajstić information content (AvgIpc) is 2.90. The number of carbonyl (C=O) groups excluding carboxylic acids is 1. The molecule has 0 aromatic heterocycles. The Balaban J connectivity index is 0.000000195.